The molecular weight excluding hydrogens is 210 g/mol. The van der Waals surface area contributed by atoms with Crippen LogP contribution in [0.3, 0.4) is 0 Å². The molecule has 1 aromatic heterocycles. The average molecular weight is 224 g/mol. The third-order valence-corrected chi connectivity index (χ3v) is 4.16. The molecular formula is C12H14F2N2. The summed E-state index contributed by atoms with van der Waals surface area (Å²) in [6.07, 6.45) is 2.26. The summed E-state index contributed by atoms with van der Waals surface area (Å²) in [5, 5.41) is 0. The largest absolute Gasteiger partial charge is 0.356 e. The van der Waals surface area contributed by atoms with E-state index in [0.29, 0.717) is 19.5 Å². The van der Waals surface area contributed by atoms with Crippen LogP contribution in [-0.2, 0) is 0 Å². The molecule has 86 valence electrons. The number of hydrogen-bond acceptors (Lipinski definition) is 2. The minimum absolute atomic E-state index is 0.431. The molecule has 1 saturated carbocycles. The Morgan fingerprint density at radius 2 is 2.25 bits per heavy atom. The van der Waals surface area contributed by atoms with Crippen LogP contribution in [0, 0.1) is 11.3 Å². The van der Waals surface area contributed by atoms with Crippen LogP contribution < -0.4 is 4.90 Å². The molecule has 16 heavy (non-hydrogen) atoms. The topological polar surface area (TPSA) is 16.1 Å². The second-order valence-corrected chi connectivity index (χ2v) is 4.98. The van der Waals surface area contributed by atoms with Crippen molar-refractivity contribution in [3.8, 4) is 0 Å². The molecule has 0 bridgehead atoms. The van der Waals surface area contributed by atoms with Crippen molar-refractivity contribution < 1.29 is 8.78 Å². The highest BCUT2D eigenvalue weighted by molar-refractivity contribution is 5.41. The average Bonchev–Trinajstić information content (AvgIpc) is 2.74. The number of alkyl halides is 2. The van der Waals surface area contributed by atoms with E-state index in [1.165, 1.54) is 0 Å². The SMILES string of the molecule is C[C@@]12CCN(c3ccccn3)C[C@H]1C2(F)F. The number of piperidine rings is 1. The first-order valence-electron chi connectivity index (χ1n) is 5.59. The van der Waals surface area contributed by atoms with Crippen molar-refractivity contribution in [1.82, 2.24) is 4.98 Å². The second-order valence-electron chi connectivity index (χ2n) is 4.98. The molecule has 1 aliphatic heterocycles. The van der Waals surface area contributed by atoms with Gasteiger partial charge in [-0.2, -0.15) is 0 Å². The van der Waals surface area contributed by atoms with Gasteiger partial charge in [-0.15, -0.1) is 0 Å². The predicted molar refractivity (Wildman–Crippen MR) is 57.6 cm³/mol. The predicted octanol–water partition coefficient (Wildman–Crippen LogP) is 2.56. The van der Waals surface area contributed by atoms with Gasteiger partial charge in [-0.25, -0.2) is 13.8 Å². The zero-order valence-electron chi connectivity index (χ0n) is 9.16. The minimum atomic E-state index is -2.48. The van der Waals surface area contributed by atoms with Gasteiger partial charge in [0.1, 0.15) is 5.82 Å². The number of aromatic nitrogens is 1. The van der Waals surface area contributed by atoms with Crippen molar-refractivity contribution >= 4 is 5.82 Å². The molecule has 1 aromatic rings. The molecule has 0 aromatic carbocycles. The monoisotopic (exact) mass is 224 g/mol. The van der Waals surface area contributed by atoms with Gasteiger partial charge in [0.2, 0.25) is 0 Å². The van der Waals surface area contributed by atoms with Crippen molar-refractivity contribution in [3.63, 3.8) is 0 Å². The van der Waals surface area contributed by atoms with Crippen molar-refractivity contribution in [3.05, 3.63) is 24.4 Å². The summed E-state index contributed by atoms with van der Waals surface area (Å²) in [7, 11) is 0. The summed E-state index contributed by atoms with van der Waals surface area (Å²) < 4.78 is 27.1. The molecule has 0 unspecified atom stereocenters. The molecule has 2 nitrogen and oxygen atoms in total. The molecule has 1 aliphatic carbocycles. The van der Waals surface area contributed by atoms with Crippen molar-refractivity contribution in [1.29, 1.82) is 0 Å². The highest BCUT2D eigenvalue weighted by atomic mass is 19.3. The summed E-state index contributed by atoms with van der Waals surface area (Å²) in [5.41, 5.74) is -0.752. The first kappa shape index (κ1) is 10.00. The molecule has 0 radical (unpaired) electrons. The Labute approximate surface area is 93.3 Å². The Hall–Kier alpha value is -1.19. The van der Waals surface area contributed by atoms with E-state index in [0.717, 1.165) is 5.82 Å². The van der Waals surface area contributed by atoms with Crippen LogP contribution >= 0.6 is 0 Å². The maximum Gasteiger partial charge on any atom is 0.259 e. The fraction of sp³-hybridized carbons (Fsp3) is 0.583. The lowest BCUT2D eigenvalue weighted by atomic mass is 9.97. The number of anilines is 1. The van der Waals surface area contributed by atoms with Crippen LogP contribution in [0.15, 0.2) is 24.4 Å². The van der Waals surface area contributed by atoms with Crippen LogP contribution in [0.25, 0.3) is 0 Å². The highest BCUT2D eigenvalue weighted by Crippen LogP contribution is 2.69. The second kappa shape index (κ2) is 2.93. The van der Waals surface area contributed by atoms with Gasteiger partial charge in [0, 0.05) is 24.7 Å². The lowest BCUT2D eigenvalue weighted by Gasteiger charge is -2.29. The minimum Gasteiger partial charge on any atom is -0.356 e. The number of rotatable bonds is 1. The van der Waals surface area contributed by atoms with Gasteiger partial charge in [0.25, 0.3) is 5.92 Å². The third-order valence-electron chi connectivity index (χ3n) is 4.16. The van der Waals surface area contributed by atoms with Crippen LogP contribution in [0.1, 0.15) is 13.3 Å². The van der Waals surface area contributed by atoms with Crippen LogP contribution in [-0.4, -0.2) is 24.0 Å². The summed E-state index contributed by atoms with van der Waals surface area (Å²) in [5.74, 6) is -2.15. The molecule has 4 heteroatoms. The molecule has 2 aliphatic rings. The molecule has 0 N–H and O–H groups in total. The Bertz CT molecular complexity index is 407. The first-order chi connectivity index (χ1) is 7.56. The van der Waals surface area contributed by atoms with E-state index < -0.39 is 17.3 Å². The molecule has 1 saturated heterocycles. The van der Waals surface area contributed by atoms with E-state index in [9.17, 15) is 8.78 Å². The fourth-order valence-electron chi connectivity index (χ4n) is 2.76. The normalized spacial score (nSPS) is 35.7. The highest BCUT2D eigenvalue weighted by Gasteiger charge is 2.78. The van der Waals surface area contributed by atoms with E-state index in [-0.39, 0.29) is 0 Å². The zero-order valence-corrected chi connectivity index (χ0v) is 9.16. The molecule has 0 spiro atoms. The Balaban J connectivity index is 1.80. The van der Waals surface area contributed by atoms with E-state index in [4.69, 9.17) is 0 Å². The molecule has 3 rings (SSSR count). The Kier molecular flexibility index (Phi) is 1.83. The smallest absolute Gasteiger partial charge is 0.259 e. The summed E-state index contributed by atoms with van der Waals surface area (Å²) in [4.78, 5) is 6.17. The van der Waals surface area contributed by atoms with Crippen LogP contribution in [0.4, 0.5) is 14.6 Å². The quantitative estimate of drug-likeness (QED) is 0.728. The molecule has 2 heterocycles. The lowest BCUT2D eigenvalue weighted by Crippen LogP contribution is -2.34. The summed E-state index contributed by atoms with van der Waals surface area (Å²) in [6, 6.07) is 5.60. The van der Waals surface area contributed by atoms with Crippen molar-refractivity contribution in [2.75, 3.05) is 18.0 Å². The van der Waals surface area contributed by atoms with Crippen LogP contribution in [0.5, 0.6) is 0 Å². The van der Waals surface area contributed by atoms with Gasteiger partial charge in [0.05, 0.1) is 5.92 Å². The number of halogens is 2. The third kappa shape index (κ3) is 1.13. The number of fused-ring (bicyclic) bond motifs is 1. The summed E-state index contributed by atoms with van der Waals surface area (Å²) in [6.45, 7) is 2.81. The molecule has 0 amide bonds. The van der Waals surface area contributed by atoms with Gasteiger partial charge < -0.3 is 4.90 Å². The van der Waals surface area contributed by atoms with E-state index in [1.54, 1.807) is 13.1 Å². The Morgan fingerprint density at radius 3 is 2.88 bits per heavy atom. The van der Waals surface area contributed by atoms with Gasteiger partial charge in [0.15, 0.2) is 0 Å². The van der Waals surface area contributed by atoms with Gasteiger partial charge >= 0.3 is 0 Å². The standard InChI is InChI=1S/C12H14F2N2/c1-11-5-7-16(8-9(11)12(11,13)14)10-4-2-3-6-15-10/h2-4,6,9H,5,7-8H2,1H3/t9-,11-/m1/s1. The fourth-order valence-corrected chi connectivity index (χ4v) is 2.76. The van der Waals surface area contributed by atoms with Gasteiger partial charge in [-0.1, -0.05) is 13.0 Å². The maximum atomic E-state index is 13.5. The van der Waals surface area contributed by atoms with Gasteiger partial charge in [-0.3, -0.25) is 0 Å². The van der Waals surface area contributed by atoms with Gasteiger partial charge in [-0.05, 0) is 18.6 Å². The number of pyridine rings is 1. The van der Waals surface area contributed by atoms with E-state index in [2.05, 4.69) is 4.98 Å². The number of hydrogen-bond donors (Lipinski definition) is 0. The summed E-state index contributed by atoms with van der Waals surface area (Å²) >= 11 is 0. The first-order valence-corrected chi connectivity index (χ1v) is 5.59. The van der Waals surface area contributed by atoms with Crippen molar-refractivity contribution in [2.45, 2.75) is 19.3 Å². The zero-order chi connectivity index (χ0) is 11.4. The van der Waals surface area contributed by atoms with Crippen molar-refractivity contribution in [2.24, 2.45) is 11.3 Å². The molecule has 2 fully saturated rings. The Morgan fingerprint density at radius 1 is 1.44 bits per heavy atom. The molecule has 2 atom stereocenters. The maximum absolute atomic E-state index is 13.5. The lowest BCUT2D eigenvalue weighted by molar-refractivity contribution is 0.0636. The van der Waals surface area contributed by atoms with Crippen LogP contribution in [0.2, 0.25) is 0 Å². The van der Waals surface area contributed by atoms with E-state index >= 15 is 0 Å². The van der Waals surface area contributed by atoms with E-state index in [1.807, 2.05) is 23.1 Å². The number of nitrogens with zero attached hydrogens (tertiary/aromatic N) is 2.